The molecule has 1 saturated heterocycles. The summed E-state index contributed by atoms with van der Waals surface area (Å²) in [5.41, 5.74) is 1.53. The molecule has 0 aliphatic carbocycles. The number of piperazine rings is 1. The van der Waals surface area contributed by atoms with Crippen molar-refractivity contribution in [2.75, 3.05) is 33.5 Å². The van der Waals surface area contributed by atoms with Gasteiger partial charge in [-0.15, -0.1) is 0 Å². The largest absolute Gasteiger partial charge is 0.496 e. The number of carbonyl (C=O) groups is 1. The maximum Gasteiger partial charge on any atom is 0.258 e. The average molecular weight is 340 g/mol. The minimum absolute atomic E-state index is 0.0558. The Kier molecular flexibility index (Phi) is 4.19. The third kappa shape index (κ3) is 2.78. The first-order chi connectivity index (χ1) is 12.3. The van der Waals surface area contributed by atoms with Gasteiger partial charge in [0.1, 0.15) is 5.75 Å². The number of hydrogen-bond acceptors (Lipinski definition) is 5. The van der Waals surface area contributed by atoms with E-state index in [0.29, 0.717) is 30.2 Å². The maximum absolute atomic E-state index is 13.3. The maximum atomic E-state index is 13.3. The molecule has 4 rings (SSSR count). The van der Waals surface area contributed by atoms with Crippen LogP contribution in [-0.2, 0) is 0 Å². The number of methoxy groups -OCH3 is 1. The smallest absolute Gasteiger partial charge is 0.258 e. The number of nitrogens with one attached hydrogen (secondary N) is 1. The molecule has 0 aromatic heterocycles. The lowest BCUT2D eigenvalue weighted by Crippen LogP contribution is -2.48. The van der Waals surface area contributed by atoms with Gasteiger partial charge in [0.15, 0.2) is 11.5 Å². The minimum Gasteiger partial charge on any atom is -0.496 e. The van der Waals surface area contributed by atoms with Gasteiger partial charge in [0.25, 0.3) is 5.91 Å². The molecule has 1 amide bonds. The standard InChI is InChI=1S/C19H20N2O4/c1-23-16-7-3-2-5-13(16)15-11-20-9-10-21(15)19(22)14-6-4-8-17-18(14)25-12-24-17/h2-8,15,20H,9-12H2,1H3. The molecule has 1 N–H and O–H groups in total. The summed E-state index contributed by atoms with van der Waals surface area (Å²) in [7, 11) is 1.65. The second-order valence-electron chi connectivity index (χ2n) is 6.00. The molecule has 0 bridgehead atoms. The first-order valence-electron chi connectivity index (χ1n) is 8.33. The summed E-state index contributed by atoms with van der Waals surface area (Å²) in [4.78, 5) is 15.1. The van der Waals surface area contributed by atoms with Crippen molar-refractivity contribution in [1.82, 2.24) is 10.2 Å². The SMILES string of the molecule is COc1ccccc1C1CNCCN1C(=O)c1cccc2c1OCO2. The highest BCUT2D eigenvalue weighted by Gasteiger charge is 2.33. The molecule has 1 fully saturated rings. The van der Waals surface area contributed by atoms with Crippen LogP contribution in [0.1, 0.15) is 22.0 Å². The topological polar surface area (TPSA) is 60.0 Å². The molecule has 2 heterocycles. The van der Waals surface area contributed by atoms with E-state index in [9.17, 15) is 4.79 Å². The molecule has 6 heteroatoms. The van der Waals surface area contributed by atoms with E-state index in [4.69, 9.17) is 14.2 Å². The van der Waals surface area contributed by atoms with Crippen LogP contribution >= 0.6 is 0 Å². The molecule has 0 saturated carbocycles. The Labute approximate surface area is 146 Å². The van der Waals surface area contributed by atoms with Crippen LogP contribution in [0.4, 0.5) is 0 Å². The molecule has 25 heavy (non-hydrogen) atoms. The zero-order valence-corrected chi connectivity index (χ0v) is 14.0. The van der Waals surface area contributed by atoms with E-state index in [1.807, 2.05) is 41.3 Å². The van der Waals surface area contributed by atoms with Crippen molar-refractivity contribution in [3.05, 3.63) is 53.6 Å². The number of carbonyl (C=O) groups excluding carboxylic acids is 1. The monoisotopic (exact) mass is 340 g/mol. The summed E-state index contributed by atoms with van der Waals surface area (Å²) in [6.07, 6.45) is 0. The molecule has 2 aliphatic heterocycles. The van der Waals surface area contributed by atoms with E-state index in [0.717, 1.165) is 17.9 Å². The molecule has 130 valence electrons. The summed E-state index contributed by atoms with van der Waals surface area (Å²) >= 11 is 0. The summed E-state index contributed by atoms with van der Waals surface area (Å²) in [6, 6.07) is 13.1. The lowest BCUT2D eigenvalue weighted by Gasteiger charge is -2.37. The fourth-order valence-corrected chi connectivity index (χ4v) is 3.42. The fraction of sp³-hybridized carbons (Fsp3) is 0.316. The highest BCUT2D eigenvalue weighted by molar-refractivity contribution is 5.98. The molecule has 0 spiro atoms. The molecule has 1 unspecified atom stereocenters. The van der Waals surface area contributed by atoms with Crippen LogP contribution in [0.15, 0.2) is 42.5 Å². The van der Waals surface area contributed by atoms with Crippen molar-refractivity contribution in [2.45, 2.75) is 6.04 Å². The predicted molar refractivity (Wildman–Crippen MR) is 92.2 cm³/mol. The van der Waals surface area contributed by atoms with Crippen molar-refractivity contribution in [2.24, 2.45) is 0 Å². The van der Waals surface area contributed by atoms with Gasteiger partial charge in [-0.2, -0.15) is 0 Å². The highest BCUT2D eigenvalue weighted by atomic mass is 16.7. The first kappa shape index (κ1) is 15.8. The minimum atomic E-state index is -0.101. The van der Waals surface area contributed by atoms with E-state index in [2.05, 4.69) is 5.32 Å². The lowest BCUT2D eigenvalue weighted by molar-refractivity contribution is 0.0627. The van der Waals surface area contributed by atoms with E-state index in [1.54, 1.807) is 13.2 Å². The van der Waals surface area contributed by atoms with E-state index < -0.39 is 0 Å². The van der Waals surface area contributed by atoms with Gasteiger partial charge in [-0.25, -0.2) is 0 Å². The molecule has 2 aliphatic rings. The second kappa shape index (κ2) is 6.64. The molecule has 2 aromatic rings. The number of nitrogens with zero attached hydrogens (tertiary/aromatic N) is 1. The van der Waals surface area contributed by atoms with Gasteiger partial charge >= 0.3 is 0 Å². The second-order valence-corrected chi connectivity index (χ2v) is 6.00. The quantitative estimate of drug-likeness (QED) is 0.928. The zero-order chi connectivity index (χ0) is 17.2. The zero-order valence-electron chi connectivity index (χ0n) is 14.0. The Balaban J connectivity index is 1.70. The van der Waals surface area contributed by atoms with Crippen LogP contribution in [0.2, 0.25) is 0 Å². The van der Waals surface area contributed by atoms with Crippen LogP contribution in [0, 0.1) is 0 Å². The summed E-state index contributed by atoms with van der Waals surface area (Å²) in [5, 5.41) is 3.37. The Morgan fingerprint density at radius 3 is 2.96 bits per heavy atom. The normalized spacial score (nSPS) is 18.9. The van der Waals surface area contributed by atoms with Gasteiger partial charge in [0.05, 0.1) is 18.7 Å². The number of hydrogen-bond donors (Lipinski definition) is 1. The van der Waals surface area contributed by atoms with Crippen molar-refractivity contribution in [1.29, 1.82) is 0 Å². The highest BCUT2D eigenvalue weighted by Crippen LogP contribution is 2.38. The van der Waals surface area contributed by atoms with Gasteiger partial charge in [0.2, 0.25) is 6.79 Å². The van der Waals surface area contributed by atoms with Crippen LogP contribution in [0.25, 0.3) is 0 Å². The van der Waals surface area contributed by atoms with Crippen molar-refractivity contribution >= 4 is 5.91 Å². The summed E-state index contributed by atoms with van der Waals surface area (Å²) in [6.45, 7) is 2.20. The molecular weight excluding hydrogens is 320 g/mol. The number of fused-ring (bicyclic) bond motifs is 1. The molecular formula is C19H20N2O4. The van der Waals surface area contributed by atoms with Gasteiger partial charge in [0, 0.05) is 25.2 Å². The van der Waals surface area contributed by atoms with Crippen LogP contribution < -0.4 is 19.5 Å². The molecule has 2 aromatic carbocycles. The third-order valence-electron chi connectivity index (χ3n) is 4.63. The third-order valence-corrected chi connectivity index (χ3v) is 4.63. The molecule has 1 atom stereocenters. The van der Waals surface area contributed by atoms with Crippen molar-refractivity contribution in [3.63, 3.8) is 0 Å². The number of benzene rings is 2. The number of ether oxygens (including phenoxy) is 3. The van der Waals surface area contributed by atoms with Gasteiger partial charge < -0.3 is 24.4 Å². The number of amides is 1. The Morgan fingerprint density at radius 2 is 2.08 bits per heavy atom. The van der Waals surface area contributed by atoms with Crippen molar-refractivity contribution < 1.29 is 19.0 Å². The summed E-state index contributed by atoms with van der Waals surface area (Å²) in [5.74, 6) is 1.88. The van der Waals surface area contributed by atoms with Crippen molar-refractivity contribution in [3.8, 4) is 17.2 Å². The molecule has 0 radical (unpaired) electrons. The van der Waals surface area contributed by atoms with Gasteiger partial charge in [-0.3, -0.25) is 4.79 Å². The summed E-state index contributed by atoms with van der Waals surface area (Å²) < 4.78 is 16.4. The average Bonchev–Trinajstić information content (AvgIpc) is 3.16. The Bertz CT molecular complexity index is 793. The van der Waals surface area contributed by atoms with E-state index >= 15 is 0 Å². The van der Waals surface area contributed by atoms with Crippen LogP contribution in [0.5, 0.6) is 17.2 Å². The van der Waals surface area contributed by atoms with Gasteiger partial charge in [-0.1, -0.05) is 24.3 Å². The van der Waals surface area contributed by atoms with Gasteiger partial charge in [-0.05, 0) is 18.2 Å². The lowest BCUT2D eigenvalue weighted by atomic mass is 10.0. The van der Waals surface area contributed by atoms with Crippen LogP contribution in [0.3, 0.4) is 0 Å². The van der Waals surface area contributed by atoms with Crippen LogP contribution in [-0.4, -0.2) is 44.3 Å². The number of rotatable bonds is 3. The molecule has 6 nitrogen and oxygen atoms in total. The predicted octanol–water partition coefficient (Wildman–Crippen LogP) is 2.21. The Morgan fingerprint density at radius 1 is 1.20 bits per heavy atom. The Hall–Kier alpha value is -2.73. The number of para-hydroxylation sites is 2. The first-order valence-corrected chi connectivity index (χ1v) is 8.33. The van der Waals surface area contributed by atoms with E-state index in [1.165, 1.54) is 0 Å². The fourth-order valence-electron chi connectivity index (χ4n) is 3.42. The van der Waals surface area contributed by atoms with E-state index in [-0.39, 0.29) is 18.7 Å².